The molecule has 5 heterocycles. The first-order valence-electron chi connectivity index (χ1n) is 18.8. The number of hydrogen-bond donors (Lipinski definition) is 0. The third-order valence-electron chi connectivity index (χ3n) is 11.9. The summed E-state index contributed by atoms with van der Waals surface area (Å²) in [7, 11) is 0. The summed E-state index contributed by atoms with van der Waals surface area (Å²) in [6.07, 6.45) is 0. The summed E-state index contributed by atoms with van der Waals surface area (Å²) in [6, 6.07) is 50.6. The highest BCUT2D eigenvalue weighted by Crippen LogP contribution is 2.38. The molecule has 55 heavy (non-hydrogen) atoms. The van der Waals surface area contributed by atoms with Crippen molar-refractivity contribution in [1.29, 1.82) is 0 Å². The topological polar surface area (TPSA) is 49.4 Å². The number of fused-ring (bicyclic) bond motifs is 13. The number of benzene rings is 7. The Morgan fingerprint density at radius 2 is 0.782 bits per heavy atom. The smallest absolute Gasteiger partial charge is 0.220 e. The van der Waals surface area contributed by atoms with E-state index in [0.29, 0.717) is 0 Å². The lowest BCUT2D eigenvalue weighted by Gasteiger charge is -2.13. The van der Waals surface area contributed by atoms with Gasteiger partial charge in [-0.1, -0.05) is 54.6 Å². The van der Waals surface area contributed by atoms with Gasteiger partial charge in [0.05, 0.1) is 66.5 Å². The second-order valence-electron chi connectivity index (χ2n) is 15.1. The van der Waals surface area contributed by atoms with Crippen LogP contribution < -0.4 is 0 Å². The summed E-state index contributed by atoms with van der Waals surface area (Å²) in [6.45, 7) is 8.76. The van der Waals surface area contributed by atoms with Gasteiger partial charge >= 0.3 is 0 Å². The van der Waals surface area contributed by atoms with Gasteiger partial charge in [0.15, 0.2) is 0 Å². The molecule has 0 atom stereocenters. The van der Waals surface area contributed by atoms with E-state index in [2.05, 4.69) is 190 Å². The molecule has 0 fully saturated rings. The van der Waals surface area contributed by atoms with Crippen molar-refractivity contribution in [3.8, 4) is 17.1 Å². The maximum Gasteiger partial charge on any atom is 0.220 e. The largest absolute Gasteiger partial charge is 0.309 e. The Morgan fingerprint density at radius 3 is 1.36 bits per heavy atom. The van der Waals surface area contributed by atoms with Crippen molar-refractivity contribution in [1.82, 2.24) is 32.5 Å². The SMILES string of the molecule is Cc1cc2c(cc1C)n1c3ccccc3nc1n2-c1cccc(-n2c3ccccc3c3ccc(-n4c5cc(C)c(C)cc5n5c6ccccc6nc45)cc32)c1. The summed E-state index contributed by atoms with van der Waals surface area (Å²) >= 11 is 0. The molecule has 0 N–H and O–H groups in total. The molecule has 0 amide bonds. The summed E-state index contributed by atoms with van der Waals surface area (Å²) in [5.41, 5.74) is 19.3. The van der Waals surface area contributed by atoms with Gasteiger partial charge in [0, 0.05) is 16.5 Å². The van der Waals surface area contributed by atoms with Crippen LogP contribution in [0.25, 0.3) is 94.6 Å². The molecule has 12 rings (SSSR count). The summed E-state index contributed by atoms with van der Waals surface area (Å²) in [5.74, 6) is 1.82. The van der Waals surface area contributed by atoms with Crippen LogP contribution in [0.2, 0.25) is 0 Å². The molecule has 7 nitrogen and oxygen atoms in total. The lowest BCUT2D eigenvalue weighted by atomic mass is 10.1. The molecule has 0 aliphatic heterocycles. The zero-order chi connectivity index (χ0) is 36.7. The van der Waals surface area contributed by atoms with Crippen molar-refractivity contribution in [2.24, 2.45) is 0 Å². The standard InChI is InChI=1S/C48H35N7/c1-28-22-43-45(24-30(28)3)54-40-18-9-6-15-37(40)49-47(54)52(43)33-13-11-12-32(26-33)51-39-17-8-5-14-35(39)36-21-20-34(27-42(36)51)53-44-23-29(2)31(4)25-46(44)55-41-19-10-7-16-38(41)50-48(53)55/h5-27H,1-4H3. The molecule has 0 radical (unpaired) electrons. The monoisotopic (exact) mass is 709 g/mol. The van der Waals surface area contributed by atoms with Crippen LogP contribution in [0.15, 0.2) is 140 Å². The van der Waals surface area contributed by atoms with Gasteiger partial charge < -0.3 is 4.57 Å². The number of aromatic nitrogens is 7. The highest BCUT2D eigenvalue weighted by Gasteiger charge is 2.22. The molecule has 0 spiro atoms. The average Bonchev–Trinajstić information content (AvgIpc) is 3.98. The van der Waals surface area contributed by atoms with Gasteiger partial charge in [0.25, 0.3) is 0 Å². The van der Waals surface area contributed by atoms with Gasteiger partial charge in [0.1, 0.15) is 0 Å². The van der Waals surface area contributed by atoms with Crippen LogP contribution in [0.3, 0.4) is 0 Å². The summed E-state index contributed by atoms with van der Waals surface area (Å²) < 4.78 is 11.7. The highest BCUT2D eigenvalue weighted by molar-refractivity contribution is 6.10. The molecular weight excluding hydrogens is 675 g/mol. The minimum Gasteiger partial charge on any atom is -0.309 e. The fraction of sp³-hybridized carbons (Fsp3) is 0.0833. The van der Waals surface area contributed by atoms with E-state index in [1.807, 2.05) is 0 Å². The molecule has 7 aromatic carbocycles. The third kappa shape index (κ3) is 4.04. The fourth-order valence-corrected chi connectivity index (χ4v) is 8.96. The van der Waals surface area contributed by atoms with Gasteiger partial charge in [-0.3, -0.25) is 17.9 Å². The number of imidazole rings is 4. The van der Waals surface area contributed by atoms with Crippen LogP contribution >= 0.6 is 0 Å². The van der Waals surface area contributed by atoms with Crippen LogP contribution in [0.5, 0.6) is 0 Å². The predicted molar refractivity (Wildman–Crippen MR) is 226 cm³/mol. The Labute approximate surface area is 315 Å². The maximum atomic E-state index is 5.22. The highest BCUT2D eigenvalue weighted by atomic mass is 15.2. The van der Waals surface area contributed by atoms with Crippen LogP contribution in [-0.4, -0.2) is 32.5 Å². The zero-order valence-electron chi connectivity index (χ0n) is 30.9. The molecule has 0 saturated heterocycles. The summed E-state index contributed by atoms with van der Waals surface area (Å²) in [4.78, 5) is 10.4. The lowest BCUT2D eigenvalue weighted by Crippen LogP contribution is -2.00. The number of hydrogen-bond acceptors (Lipinski definition) is 2. The Balaban J connectivity index is 1.14. The first-order valence-corrected chi connectivity index (χ1v) is 18.8. The van der Waals surface area contributed by atoms with Crippen LogP contribution in [0, 0.1) is 27.7 Å². The van der Waals surface area contributed by atoms with E-state index in [1.165, 1.54) is 33.0 Å². The van der Waals surface area contributed by atoms with Crippen molar-refractivity contribution < 1.29 is 0 Å². The van der Waals surface area contributed by atoms with E-state index in [4.69, 9.17) is 9.97 Å². The second-order valence-corrected chi connectivity index (χ2v) is 15.1. The van der Waals surface area contributed by atoms with E-state index in [-0.39, 0.29) is 0 Å². The van der Waals surface area contributed by atoms with Crippen LogP contribution in [-0.2, 0) is 0 Å². The third-order valence-corrected chi connectivity index (χ3v) is 11.9. The van der Waals surface area contributed by atoms with E-state index in [0.717, 1.165) is 83.8 Å². The van der Waals surface area contributed by atoms with Crippen molar-refractivity contribution in [3.63, 3.8) is 0 Å². The molecule has 0 aliphatic carbocycles. The predicted octanol–water partition coefficient (Wildman–Crippen LogP) is 11.5. The Bertz CT molecular complexity index is 3600. The van der Waals surface area contributed by atoms with Gasteiger partial charge in [-0.15, -0.1) is 0 Å². The first-order chi connectivity index (χ1) is 26.9. The molecule has 5 aromatic heterocycles. The molecule has 12 aromatic rings. The average molecular weight is 710 g/mol. The minimum absolute atomic E-state index is 0.906. The van der Waals surface area contributed by atoms with Crippen LogP contribution in [0.1, 0.15) is 22.3 Å². The van der Waals surface area contributed by atoms with Gasteiger partial charge in [0.2, 0.25) is 11.6 Å². The van der Waals surface area contributed by atoms with Crippen molar-refractivity contribution in [2.45, 2.75) is 27.7 Å². The number of nitrogens with zero attached hydrogens (tertiary/aromatic N) is 7. The van der Waals surface area contributed by atoms with Crippen molar-refractivity contribution in [3.05, 3.63) is 162 Å². The maximum absolute atomic E-state index is 5.22. The van der Waals surface area contributed by atoms with Gasteiger partial charge in [-0.25, -0.2) is 9.97 Å². The zero-order valence-corrected chi connectivity index (χ0v) is 30.9. The molecule has 262 valence electrons. The second kappa shape index (κ2) is 10.7. The van der Waals surface area contributed by atoms with Crippen LogP contribution in [0.4, 0.5) is 0 Å². The molecule has 0 aliphatic rings. The van der Waals surface area contributed by atoms with Gasteiger partial charge in [-0.2, -0.15) is 0 Å². The first kappa shape index (κ1) is 30.4. The molecule has 0 saturated carbocycles. The Kier molecular flexibility index (Phi) is 5.92. The van der Waals surface area contributed by atoms with E-state index < -0.39 is 0 Å². The number of para-hydroxylation sites is 5. The molecule has 0 bridgehead atoms. The summed E-state index contributed by atoms with van der Waals surface area (Å²) in [5, 5.41) is 2.42. The van der Waals surface area contributed by atoms with E-state index >= 15 is 0 Å². The normalized spacial score (nSPS) is 12.4. The molecular formula is C48H35N7. The fourth-order valence-electron chi connectivity index (χ4n) is 8.96. The van der Waals surface area contributed by atoms with E-state index in [1.54, 1.807) is 0 Å². The van der Waals surface area contributed by atoms with Gasteiger partial charge in [-0.05, 0) is 135 Å². The lowest BCUT2D eigenvalue weighted by molar-refractivity contribution is 1.09. The Hall–Kier alpha value is -7.12. The number of aryl methyl sites for hydroxylation is 4. The molecule has 0 unspecified atom stereocenters. The quantitative estimate of drug-likeness (QED) is 0.183. The van der Waals surface area contributed by atoms with E-state index in [9.17, 15) is 0 Å². The number of rotatable bonds is 3. The van der Waals surface area contributed by atoms with Crippen molar-refractivity contribution in [2.75, 3.05) is 0 Å². The van der Waals surface area contributed by atoms with Crippen molar-refractivity contribution >= 4 is 77.5 Å². The Morgan fingerprint density at radius 1 is 0.327 bits per heavy atom. The minimum atomic E-state index is 0.906. The molecule has 7 heteroatoms.